The van der Waals surface area contributed by atoms with Gasteiger partial charge in [0.1, 0.15) is 5.82 Å². The van der Waals surface area contributed by atoms with Crippen molar-refractivity contribution in [3.05, 3.63) is 68.9 Å². The standard InChI is InChI=1S/C16H14Br2ClF/c17-10-12(7-11-1-4-14(19)5-2-11)8-13-3-6-15(20)9-16(13)18/h1-6,9,12H,7-8,10H2. The van der Waals surface area contributed by atoms with Crippen molar-refractivity contribution in [3.8, 4) is 0 Å². The molecule has 1 unspecified atom stereocenters. The highest BCUT2D eigenvalue weighted by atomic mass is 79.9. The van der Waals surface area contributed by atoms with Crippen LogP contribution < -0.4 is 0 Å². The number of benzene rings is 2. The smallest absolute Gasteiger partial charge is 0.124 e. The predicted octanol–water partition coefficient (Wildman–Crippen LogP) is 6.04. The van der Waals surface area contributed by atoms with Crippen LogP contribution in [-0.2, 0) is 12.8 Å². The van der Waals surface area contributed by atoms with Crippen LogP contribution in [0.1, 0.15) is 11.1 Å². The van der Waals surface area contributed by atoms with Gasteiger partial charge in [-0.25, -0.2) is 4.39 Å². The zero-order chi connectivity index (χ0) is 14.5. The average molecular weight is 421 g/mol. The molecule has 0 saturated heterocycles. The van der Waals surface area contributed by atoms with Crippen LogP contribution in [0.5, 0.6) is 0 Å². The van der Waals surface area contributed by atoms with Crippen molar-refractivity contribution in [2.45, 2.75) is 12.8 Å². The molecule has 0 radical (unpaired) electrons. The van der Waals surface area contributed by atoms with Crippen molar-refractivity contribution >= 4 is 43.5 Å². The van der Waals surface area contributed by atoms with Gasteiger partial charge in [-0.3, -0.25) is 0 Å². The number of halogens is 4. The zero-order valence-electron chi connectivity index (χ0n) is 10.8. The van der Waals surface area contributed by atoms with Crippen molar-refractivity contribution in [1.29, 1.82) is 0 Å². The zero-order valence-corrected chi connectivity index (χ0v) is 14.7. The Balaban J connectivity index is 2.07. The maximum absolute atomic E-state index is 13.1. The Labute approximate surface area is 140 Å². The van der Waals surface area contributed by atoms with Crippen LogP contribution in [0, 0.1) is 11.7 Å². The molecule has 0 spiro atoms. The second kappa shape index (κ2) is 7.58. The fourth-order valence-electron chi connectivity index (χ4n) is 2.13. The summed E-state index contributed by atoms with van der Waals surface area (Å²) in [6, 6.07) is 12.8. The molecular weight excluding hydrogens is 406 g/mol. The molecule has 1 atom stereocenters. The second-order valence-electron chi connectivity index (χ2n) is 4.79. The van der Waals surface area contributed by atoms with E-state index in [-0.39, 0.29) is 5.82 Å². The van der Waals surface area contributed by atoms with E-state index in [2.05, 4.69) is 44.0 Å². The molecule has 20 heavy (non-hydrogen) atoms. The van der Waals surface area contributed by atoms with E-state index in [1.54, 1.807) is 0 Å². The van der Waals surface area contributed by atoms with Crippen LogP contribution in [0.15, 0.2) is 46.9 Å². The van der Waals surface area contributed by atoms with Crippen LogP contribution >= 0.6 is 43.5 Å². The summed E-state index contributed by atoms with van der Waals surface area (Å²) in [6.07, 6.45) is 1.86. The van der Waals surface area contributed by atoms with Gasteiger partial charge in [-0.2, -0.15) is 0 Å². The van der Waals surface area contributed by atoms with E-state index in [4.69, 9.17) is 11.6 Å². The summed E-state index contributed by atoms with van der Waals surface area (Å²) in [6.45, 7) is 0. The lowest BCUT2D eigenvalue weighted by Gasteiger charge is -2.15. The van der Waals surface area contributed by atoms with Crippen LogP contribution in [0.25, 0.3) is 0 Å². The van der Waals surface area contributed by atoms with Gasteiger partial charge in [-0.15, -0.1) is 0 Å². The summed E-state index contributed by atoms with van der Waals surface area (Å²) in [7, 11) is 0. The summed E-state index contributed by atoms with van der Waals surface area (Å²) >= 11 is 12.9. The largest absolute Gasteiger partial charge is 0.207 e. The molecule has 106 valence electrons. The summed E-state index contributed by atoms with van der Waals surface area (Å²) in [5.74, 6) is 0.242. The lowest BCUT2D eigenvalue weighted by Crippen LogP contribution is -2.10. The molecule has 0 aliphatic heterocycles. The van der Waals surface area contributed by atoms with Gasteiger partial charge in [-0.1, -0.05) is 61.7 Å². The highest BCUT2D eigenvalue weighted by Crippen LogP contribution is 2.24. The third kappa shape index (κ3) is 4.57. The highest BCUT2D eigenvalue weighted by Gasteiger charge is 2.12. The molecule has 0 amide bonds. The molecule has 4 heteroatoms. The quantitative estimate of drug-likeness (QED) is 0.518. The number of hydrogen-bond donors (Lipinski definition) is 0. The molecule has 0 aliphatic rings. The average Bonchev–Trinajstić information content (AvgIpc) is 2.43. The molecule has 0 N–H and O–H groups in total. The Morgan fingerprint density at radius 1 is 1.05 bits per heavy atom. The van der Waals surface area contributed by atoms with Crippen LogP contribution in [0.4, 0.5) is 4.39 Å². The van der Waals surface area contributed by atoms with Crippen LogP contribution in [0.3, 0.4) is 0 Å². The number of alkyl halides is 1. The normalized spacial score (nSPS) is 12.4. The van der Waals surface area contributed by atoms with Gasteiger partial charge in [0.15, 0.2) is 0 Å². The third-order valence-electron chi connectivity index (χ3n) is 3.18. The SMILES string of the molecule is Fc1ccc(CC(CBr)Cc2ccc(Cl)cc2)c(Br)c1. The second-order valence-corrected chi connectivity index (χ2v) is 6.73. The Morgan fingerprint density at radius 2 is 1.75 bits per heavy atom. The summed E-state index contributed by atoms with van der Waals surface area (Å²) < 4.78 is 13.9. The number of hydrogen-bond acceptors (Lipinski definition) is 0. The van der Waals surface area contributed by atoms with E-state index in [1.165, 1.54) is 17.7 Å². The molecule has 0 bridgehead atoms. The van der Waals surface area contributed by atoms with Gasteiger partial charge in [-0.05, 0) is 54.2 Å². The Bertz CT molecular complexity index is 569. The van der Waals surface area contributed by atoms with E-state index in [0.717, 1.165) is 33.2 Å². The Hall–Kier alpha value is -0.380. The van der Waals surface area contributed by atoms with Gasteiger partial charge in [0.25, 0.3) is 0 Å². The molecule has 0 nitrogen and oxygen atoms in total. The summed E-state index contributed by atoms with van der Waals surface area (Å²) in [4.78, 5) is 0. The topological polar surface area (TPSA) is 0 Å². The first kappa shape index (κ1) is 16.0. The molecule has 2 aromatic rings. The van der Waals surface area contributed by atoms with Crippen molar-refractivity contribution in [3.63, 3.8) is 0 Å². The fraction of sp³-hybridized carbons (Fsp3) is 0.250. The Morgan fingerprint density at radius 3 is 2.35 bits per heavy atom. The third-order valence-corrected chi connectivity index (χ3v) is 5.09. The van der Waals surface area contributed by atoms with E-state index in [9.17, 15) is 4.39 Å². The monoisotopic (exact) mass is 418 g/mol. The van der Waals surface area contributed by atoms with Gasteiger partial charge in [0.05, 0.1) is 0 Å². The van der Waals surface area contributed by atoms with Gasteiger partial charge in [0, 0.05) is 14.8 Å². The van der Waals surface area contributed by atoms with E-state index in [1.807, 2.05) is 18.2 Å². The molecule has 0 fully saturated rings. The summed E-state index contributed by atoms with van der Waals surface area (Å²) in [5, 5.41) is 1.66. The van der Waals surface area contributed by atoms with Gasteiger partial charge in [0.2, 0.25) is 0 Å². The van der Waals surface area contributed by atoms with Crippen molar-refractivity contribution in [1.82, 2.24) is 0 Å². The van der Waals surface area contributed by atoms with E-state index < -0.39 is 0 Å². The predicted molar refractivity (Wildman–Crippen MR) is 90.2 cm³/mol. The maximum atomic E-state index is 13.1. The molecule has 0 heterocycles. The van der Waals surface area contributed by atoms with Crippen molar-refractivity contribution < 1.29 is 4.39 Å². The minimum atomic E-state index is -0.214. The lowest BCUT2D eigenvalue weighted by molar-refractivity contribution is 0.586. The first-order valence-corrected chi connectivity index (χ1v) is 8.62. The minimum absolute atomic E-state index is 0.214. The van der Waals surface area contributed by atoms with Crippen molar-refractivity contribution in [2.75, 3.05) is 5.33 Å². The first-order valence-electron chi connectivity index (χ1n) is 6.33. The Kier molecular flexibility index (Phi) is 6.06. The van der Waals surface area contributed by atoms with Crippen molar-refractivity contribution in [2.24, 2.45) is 5.92 Å². The van der Waals surface area contributed by atoms with Gasteiger partial charge < -0.3 is 0 Å². The fourth-order valence-corrected chi connectivity index (χ4v) is 3.23. The van der Waals surface area contributed by atoms with Gasteiger partial charge >= 0.3 is 0 Å². The van der Waals surface area contributed by atoms with Crippen LogP contribution in [-0.4, -0.2) is 5.33 Å². The number of rotatable bonds is 5. The van der Waals surface area contributed by atoms with Crippen LogP contribution in [0.2, 0.25) is 5.02 Å². The minimum Gasteiger partial charge on any atom is -0.207 e. The molecule has 0 aromatic heterocycles. The molecule has 0 aliphatic carbocycles. The first-order chi connectivity index (χ1) is 9.58. The van der Waals surface area contributed by atoms with E-state index in [0.29, 0.717) is 5.92 Å². The molecule has 0 saturated carbocycles. The maximum Gasteiger partial charge on any atom is 0.124 e. The highest BCUT2D eigenvalue weighted by molar-refractivity contribution is 9.10. The lowest BCUT2D eigenvalue weighted by atomic mass is 9.94. The van der Waals surface area contributed by atoms with E-state index >= 15 is 0 Å². The molecular formula is C16H14Br2ClF. The summed E-state index contributed by atoms with van der Waals surface area (Å²) in [5.41, 5.74) is 2.39. The molecule has 2 rings (SSSR count). The molecule has 2 aromatic carbocycles.